The highest BCUT2D eigenvalue weighted by molar-refractivity contribution is 5.81. The van der Waals surface area contributed by atoms with Crippen LogP contribution in [-0.2, 0) is 9.53 Å². The Hall–Kier alpha value is -1.01. The average Bonchev–Trinajstić information content (AvgIpc) is 2.30. The standard InChI is InChI=1S/C13H21NO2/c1-5-8-14-13(12(15)16-4)7-6-10(2)11(3)9-13/h1,10-11,14H,6-9H2,2-4H3. The van der Waals surface area contributed by atoms with E-state index in [0.29, 0.717) is 18.4 Å². The molecule has 1 fully saturated rings. The van der Waals surface area contributed by atoms with Crippen molar-refractivity contribution >= 4 is 5.97 Å². The van der Waals surface area contributed by atoms with Crippen molar-refractivity contribution in [3.63, 3.8) is 0 Å². The van der Waals surface area contributed by atoms with Gasteiger partial charge in [-0.3, -0.25) is 10.1 Å². The Labute approximate surface area is 97.9 Å². The minimum atomic E-state index is -0.562. The maximum Gasteiger partial charge on any atom is 0.326 e. The number of carbonyl (C=O) groups is 1. The molecule has 0 bridgehead atoms. The molecule has 3 atom stereocenters. The van der Waals surface area contributed by atoms with Gasteiger partial charge in [0.1, 0.15) is 5.54 Å². The molecule has 0 radical (unpaired) electrons. The minimum Gasteiger partial charge on any atom is -0.468 e. The van der Waals surface area contributed by atoms with Gasteiger partial charge in [-0.2, -0.15) is 0 Å². The Morgan fingerprint density at radius 1 is 1.56 bits per heavy atom. The van der Waals surface area contributed by atoms with Crippen molar-refractivity contribution in [1.82, 2.24) is 5.32 Å². The summed E-state index contributed by atoms with van der Waals surface area (Å²) in [5.74, 6) is 3.52. The second-order valence-electron chi connectivity index (χ2n) is 4.83. The number of hydrogen-bond acceptors (Lipinski definition) is 3. The van der Waals surface area contributed by atoms with Gasteiger partial charge in [0.05, 0.1) is 13.7 Å². The second kappa shape index (κ2) is 5.36. The summed E-state index contributed by atoms with van der Waals surface area (Å²) in [5.41, 5.74) is -0.562. The SMILES string of the molecule is C#CCNC1(C(=O)OC)CCC(C)C(C)C1. The van der Waals surface area contributed by atoms with Crippen LogP contribution in [-0.4, -0.2) is 25.2 Å². The van der Waals surface area contributed by atoms with Gasteiger partial charge in [0.25, 0.3) is 0 Å². The van der Waals surface area contributed by atoms with Gasteiger partial charge in [0.2, 0.25) is 0 Å². The highest BCUT2D eigenvalue weighted by Crippen LogP contribution is 2.36. The van der Waals surface area contributed by atoms with Crippen LogP contribution < -0.4 is 5.32 Å². The first-order valence-corrected chi connectivity index (χ1v) is 5.82. The predicted octanol–water partition coefficient (Wildman–Crippen LogP) is 1.58. The van der Waals surface area contributed by atoms with Crippen molar-refractivity contribution in [2.24, 2.45) is 11.8 Å². The zero-order valence-electron chi connectivity index (χ0n) is 10.4. The molecule has 3 nitrogen and oxygen atoms in total. The predicted molar refractivity (Wildman–Crippen MR) is 63.8 cm³/mol. The number of esters is 1. The normalized spacial score (nSPS) is 34.1. The summed E-state index contributed by atoms with van der Waals surface area (Å²) in [4.78, 5) is 11.9. The van der Waals surface area contributed by atoms with E-state index in [1.807, 2.05) is 0 Å². The number of carbonyl (C=O) groups excluding carboxylic acids is 1. The Bertz CT molecular complexity index is 295. The van der Waals surface area contributed by atoms with Crippen molar-refractivity contribution in [3.05, 3.63) is 0 Å². The van der Waals surface area contributed by atoms with E-state index < -0.39 is 5.54 Å². The molecule has 0 aromatic carbocycles. The topological polar surface area (TPSA) is 38.3 Å². The van der Waals surface area contributed by atoms with Crippen LogP contribution in [0, 0.1) is 24.2 Å². The summed E-state index contributed by atoms with van der Waals surface area (Å²) in [6.45, 7) is 4.82. The molecule has 1 saturated carbocycles. The molecular formula is C13H21NO2. The molecule has 1 N–H and O–H groups in total. The largest absolute Gasteiger partial charge is 0.468 e. The lowest BCUT2D eigenvalue weighted by atomic mass is 9.71. The highest BCUT2D eigenvalue weighted by atomic mass is 16.5. The third-order valence-corrected chi connectivity index (χ3v) is 3.77. The van der Waals surface area contributed by atoms with Crippen molar-refractivity contribution in [3.8, 4) is 12.3 Å². The first-order chi connectivity index (χ1) is 7.55. The van der Waals surface area contributed by atoms with E-state index in [1.165, 1.54) is 7.11 Å². The fraction of sp³-hybridized carbons (Fsp3) is 0.769. The lowest BCUT2D eigenvalue weighted by Gasteiger charge is -2.40. The van der Waals surface area contributed by atoms with E-state index in [-0.39, 0.29) is 5.97 Å². The zero-order valence-corrected chi connectivity index (χ0v) is 10.4. The van der Waals surface area contributed by atoms with Gasteiger partial charge in [-0.05, 0) is 31.1 Å². The molecule has 3 heteroatoms. The van der Waals surface area contributed by atoms with Crippen LogP contribution in [0.3, 0.4) is 0 Å². The maximum absolute atomic E-state index is 11.9. The molecule has 1 aliphatic carbocycles. The molecule has 3 unspecified atom stereocenters. The van der Waals surface area contributed by atoms with E-state index in [4.69, 9.17) is 11.2 Å². The zero-order chi connectivity index (χ0) is 12.2. The summed E-state index contributed by atoms with van der Waals surface area (Å²) in [5, 5.41) is 3.18. The van der Waals surface area contributed by atoms with E-state index >= 15 is 0 Å². The highest BCUT2D eigenvalue weighted by Gasteiger charge is 2.44. The van der Waals surface area contributed by atoms with Crippen LogP contribution in [0.5, 0.6) is 0 Å². The van der Waals surface area contributed by atoms with Crippen LogP contribution in [0.2, 0.25) is 0 Å². The van der Waals surface area contributed by atoms with Gasteiger partial charge in [0, 0.05) is 0 Å². The molecular weight excluding hydrogens is 202 g/mol. The van der Waals surface area contributed by atoms with Crippen LogP contribution in [0.1, 0.15) is 33.1 Å². The number of nitrogens with one attached hydrogen (secondary N) is 1. The van der Waals surface area contributed by atoms with Gasteiger partial charge in [-0.1, -0.05) is 19.8 Å². The molecule has 0 aromatic heterocycles. The third kappa shape index (κ3) is 2.56. The number of methoxy groups -OCH3 is 1. The first-order valence-electron chi connectivity index (χ1n) is 5.82. The Morgan fingerprint density at radius 2 is 2.25 bits per heavy atom. The number of hydrogen-bond donors (Lipinski definition) is 1. The quantitative estimate of drug-likeness (QED) is 0.583. The monoisotopic (exact) mass is 223 g/mol. The molecule has 0 aliphatic heterocycles. The lowest BCUT2D eigenvalue weighted by molar-refractivity contribution is -0.151. The van der Waals surface area contributed by atoms with Crippen LogP contribution in [0.25, 0.3) is 0 Å². The smallest absolute Gasteiger partial charge is 0.326 e. The van der Waals surface area contributed by atoms with Gasteiger partial charge >= 0.3 is 5.97 Å². The number of rotatable bonds is 3. The van der Waals surface area contributed by atoms with Crippen LogP contribution >= 0.6 is 0 Å². The molecule has 0 saturated heterocycles. The number of terminal acetylenes is 1. The summed E-state index contributed by atoms with van der Waals surface area (Å²) in [6.07, 6.45) is 7.90. The summed E-state index contributed by atoms with van der Waals surface area (Å²) < 4.78 is 4.90. The minimum absolute atomic E-state index is 0.179. The molecule has 0 aromatic rings. The van der Waals surface area contributed by atoms with E-state index in [0.717, 1.165) is 19.3 Å². The third-order valence-electron chi connectivity index (χ3n) is 3.77. The summed E-state index contributed by atoms with van der Waals surface area (Å²) in [6, 6.07) is 0. The second-order valence-corrected chi connectivity index (χ2v) is 4.83. The molecule has 90 valence electrons. The van der Waals surface area contributed by atoms with E-state index in [9.17, 15) is 4.79 Å². The van der Waals surface area contributed by atoms with Gasteiger partial charge in [-0.15, -0.1) is 6.42 Å². The summed E-state index contributed by atoms with van der Waals surface area (Å²) >= 11 is 0. The number of ether oxygens (including phenoxy) is 1. The Balaban J connectivity index is 2.80. The average molecular weight is 223 g/mol. The van der Waals surface area contributed by atoms with Crippen molar-refractivity contribution in [2.75, 3.05) is 13.7 Å². The molecule has 0 amide bonds. The molecule has 1 rings (SSSR count). The van der Waals surface area contributed by atoms with Crippen molar-refractivity contribution < 1.29 is 9.53 Å². The van der Waals surface area contributed by atoms with Crippen LogP contribution in [0.4, 0.5) is 0 Å². The Kier molecular flexibility index (Phi) is 4.37. The lowest BCUT2D eigenvalue weighted by Crippen LogP contribution is -2.56. The van der Waals surface area contributed by atoms with Gasteiger partial charge in [0.15, 0.2) is 0 Å². The van der Waals surface area contributed by atoms with Gasteiger partial charge in [-0.25, -0.2) is 0 Å². The van der Waals surface area contributed by atoms with Crippen molar-refractivity contribution in [2.45, 2.75) is 38.6 Å². The summed E-state index contributed by atoms with van der Waals surface area (Å²) in [7, 11) is 1.43. The maximum atomic E-state index is 11.9. The first kappa shape index (κ1) is 13.1. The molecule has 0 heterocycles. The van der Waals surface area contributed by atoms with E-state index in [2.05, 4.69) is 25.1 Å². The van der Waals surface area contributed by atoms with Gasteiger partial charge < -0.3 is 4.74 Å². The van der Waals surface area contributed by atoms with Crippen LogP contribution in [0.15, 0.2) is 0 Å². The molecule has 16 heavy (non-hydrogen) atoms. The fourth-order valence-corrected chi connectivity index (χ4v) is 2.45. The molecule has 0 spiro atoms. The Morgan fingerprint density at radius 3 is 2.75 bits per heavy atom. The van der Waals surface area contributed by atoms with E-state index in [1.54, 1.807) is 0 Å². The fourth-order valence-electron chi connectivity index (χ4n) is 2.45. The molecule has 1 aliphatic rings. The van der Waals surface area contributed by atoms with Crippen molar-refractivity contribution in [1.29, 1.82) is 0 Å².